The highest BCUT2D eigenvalue weighted by Gasteiger charge is 2.22. The van der Waals surface area contributed by atoms with Crippen molar-refractivity contribution in [3.05, 3.63) is 35.9 Å². The third kappa shape index (κ3) is 4.23. The van der Waals surface area contributed by atoms with E-state index in [0.717, 1.165) is 18.8 Å². The summed E-state index contributed by atoms with van der Waals surface area (Å²) in [6.45, 7) is 7.87. The van der Waals surface area contributed by atoms with Crippen molar-refractivity contribution in [2.24, 2.45) is 0 Å². The lowest BCUT2D eigenvalue weighted by molar-refractivity contribution is 0.102. The normalized spacial score (nSPS) is 15.1. The van der Waals surface area contributed by atoms with Crippen molar-refractivity contribution >= 4 is 17.3 Å². The number of nitrogens with one attached hydrogen (secondary N) is 1. The monoisotopic (exact) mass is 414 g/mol. The largest absolute Gasteiger partial charge is 0.492 e. The first-order valence-corrected chi connectivity index (χ1v) is 10.2. The Kier molecular flexibility index (Phi) is 6.13. The lowest BCUT2D eigenvalue weighted by atomic mass is 10.1. The minimum absolute atomic E-state index is 0.162. The number of ether oxygens (including phenoxy) is 5. The van der Waals surface area contributed by atoms with E-state index < -0.39 is 0 Å². The van der Waals surface area contributed by atoms with Crippen LogP contribution in [0, 0.1) is 0 Å². The Morgan fingerprint density at radius 1 is 1.00 bits per heavy atom. The van der Waals surface area contributed by atoms with E-state index in [1.807, 2.05) is 26.0 Å². The second-order valence-corrected chi connectivity index (χ2v) is 6.80. The van der Waals surface area contributed by atoms with E-state index in [9.17, 15) is 4.79 Å². The number of nitrogens with zero attached hydrogens (tertiary/aromatic N) is 1. The summed E-state index contributed by atoms with van der Waals surface area (Å²) in [5, 5.41) is 2.95. The molecule has 160 valence electrons. The number of amides is 1. The van der Waals surface area contributed by atoms with E-state index in [-0.39, 0.29) is 12.7 Å². The van der Waals surface area contributed by atoms with E-state index in [1.165, 1.54) is 0 Å². The Bertz CT molecular complexity index is 911. The van der Waals surface area contributed by atoms with E-state index in [1.54, 1.807) is 18.2 Å². The molecule has 0 aromatic heterocycles. The van der Waals surface area contributed by atoms with Crippen LogP contribution < -0.4 is 29.2 Å². The topological polar surface area (TPSA) is 78.5 Å². The third-order valence-electron chi connectivity index (χ3n) is 4.90. The van der Waals surface area contributed by atoms with Gasteiger partial charge in [0.25, 0.3) is 5.91 Å². The van der Waals surface area contributed by atoms with E-state index in [4.69, 9.17) is 23.7 Å². The van der Waals surface area contributed by atoms with Gasteiger partial charge in [-0.2, -0.15) is 0 Å². The first kappa shape index (κ1) is 20.2. The van der Waals surface area contributed by atoms with Gasteiger partial charge >= 0.3 is 0 Å². The fourth-order valence-electron chi connectivity index (χ4n) is 3.48. The molecule has 0 bridgehead atoms. The second kappa shape index (κ2) is 9.13. The molecule has 0 radical (unpaired) electrons. The van der Waals surface area contributed by atoms with Crippen molar-refractivity contribution in [2.75, 3.05) is 56.5 Å². The first-order chi connectivity index (χ1) is 14.7. The van der Waals surface area contributed by atoms with Crippen LogP contribution in [0.15, 0.2) is 30.3 Å². The van der Waals surface area contributed by atoms with Crippen LogP contribution in [0.3, 0.4) is 0 Å². The van der Waals surface area contributed by atoms with Crippen molar-refractivity contribution < 1.29 is 28.5 Å². The molecule has 1 amide bonds. The summed E-state index contributed by atoms with van der Waals surface area (Å²) in [7, 11) is 0. The van der Waals surface area contributed by atoms with Crippen LogP contribution in [0.1, 0.15) is 24.2 Å². The van der Waals surface area contributed by atoms with Gasteiger partial charge in [0.1, 0.15) is 11.5 Å². The Morgan fingerprint density at radius 3 is 2.50 bits per heavy atom. The van der Waals surface area contributed by atoms with Crippen LogP contribution in [0.4, 0.5) is 11.4 Å². The quantitative estimate of drug-likeness (QED) is 0.745. The molecule has 2 aliphatic rings. The van der Waals surface area contributed by atoms with Crippen LogP contribution >= 0.6 is 0 Å². The smallest absolute Gasteiger partial charge is 0.255 e. The van der Waals surface area contributed by atoms with Gasteiger partial charge in [-0.25, -0.2) is 0 Å². The molecule has 4 rings (SSSR count). The molecule has 2 heterocycles. The molecule has 1 fully saturated rings. The molecule has 1 N–H and O–H groups in total. The number of fused-ring (bicyclic) bond motifs is 1. The maximum atomic E-state index is 12.9. The minimum atomic E-state index is -0.268. The molecular formula is C22H26N2O6. The van der Waals surface area contributed by atoms with Crippen LogP contribution in [0.25, 0.3) is 0 Å². The predicted octanol–water partition coefficient (Wildman–Crippen LogP) is 3.30. The minimum Gasteiger partial charge on any atom is -0.492 e. The summed E-state index contributed by atoms with van der Waals surface area (Å²) in [5.74, 6) is 2.22. The zero-order valence-corrected chi connectivity index (χ0v) is 17.2. The van der Waals surface area contributed by atoms with Crippen LogP contribution in [0.2, 0.25) is 0 Å². The number of carbonyl (C=O) groups excluding carboxylic acids is 1. The maximum Gasteiger partial charge on any atom is 0.255 e. The number of benzene rings is 2. The van der Waals surface area contributed by atoms with Crippen molar-refractivity contribution in [1.82, 2.24) is 0 Å². The molecule has 0 atom stereocenters. The highest BCUT2D eigenvalue weighted by atomic mass is 16.7. The number of morpholine rings is 1. The Labute approximate surface area is 175 Å². The standard InChI is InChI=1S/C22H26N2O6/c1-3-27-19-13-17(24-7-9-26-10-8-24)20(28-4-2)12-16(19)23-22(25)15-5-6-18-21(11-15)30-14-29-18/h5-6,11-13H,3-4,7-10,14H2,1-2H3,(H,23,25). The number of anilines is 2. The van der Waals surface area contributed by atoms with Gasteiger partial charge < -0.3 is 33.9 Å². The van der Waals surface area contributed by atoms with Crippen molar-refractivity contribution in [3.63, 3.8) is 0 Å². The molecule has 1 saturated heterocycles. The van der Waals surface area contributed by atoms with Crippen molar-refractivity contribution in [2.45, 2.75) is 13.8 Å². The molecule has 0 unspecified atom stereocenters. The molecule has 2 aliphatic heterocycles. The molecule has 0 aliphatic carbocycles. The van der Waals surface area contributed by atoms with Gasteiger partial charge in [-0.3, -0.25) is 4.79 Å². The van der Waals surface area contributed by atoms with E-state index in [2.05, 4.69) is 10.2 Å². The number of carbonyl (C=O) groups is 1. The summed E-state index contributed by atoms with van der Waals surface area (Å²) < 4.78 is 27.9. The zero-order chi connectivity index (χ0) is 20.9. The molecule has 30 heavy (non-hydrogen) atoms. The van der Waals surface area contributed by atoms with Gasteiger partial charge in [-0.15, -0.1) is 0 Å². The number of hydrogen-bond donors (Lipinski definition) is 1. The maximum absolute atomic E-state index is 12.9. The second-order valence-electron chi connectivity index (χ2n) is 6.80. The lowest BCUT2D eigenvalue weighted by Gasteiger charge is -2.31. The molecule has 8 heteroatoms. The summed E-state index contributed by atoms with van der Waals surface area (Å²) in [5.41, 5.74) is 1.96. The van der Waals surface area contributed by atoms with Crippen molar-refractivity contribution in [3.8, 4) is 23.0 Å². The average Bonchev–Trinajstić information content (AvgIpc) is 3.24. The fourth-order valence-corrected chi connectivity index (χ4v) is 3.48. The average molecular weight is 414 g/mol. The Morgan fingerprint density at radius 2 is 1.73 bits per heavy atom. The summed E-state index contributed by atoms with van der Waals surface area (Å²) >= 11 is 0. The SMILES string of the molecule is CCOc1cc(N2CCOCC2)c(OCC)cc1NC(=O)c1ccc2c(c1)OCO2. The third-order valence-corrected chi connectivity index (χ3v) is 4.90. The summed E-state index contributed by atoms with van der Waals surface area (Å²) in [4.78, 5) is 15.1. The van der Waals surface area contributed by atoms with Gasteiger partial charge in [-0.05, 0) is 32.0 Å². The highest BCUT2D eigenvalue weighted by molar-refractivity contribution is 6.05. The molecule has 0 saturated carbocycles. The Balaban J connectivity index is 1.63. The van der Waals surface area contributed by atoms with Crippen molar-refractivity contribution in [1.29, 1.82) is 0 Å². The van der Waals surface area contributed by atoms with E-state index in [0.29, 0.717) is 60.7 Å². The van der Waals surface area contributed by atoms with Crippen LogP contribution in [-0.2, 0) is 4.74 Å². The molecular weight excluding hydrogens is 388 g/mol. The zero-order valence-electron chi connectivity index (χ0n) is 17.2. The molecule has 0 spiro atoms. The van der Waals surface area contributed by atoms with Gasteiger partial charge in [0.05, 0.1) is 37.8 Å². The fraction of sp³-hybridized carbons (Fsp3) is 0.409. The molecule has 8 nitrogen and oxygen atoms in total. The Hall–Kier alpha value is -3.13. The van der Waals surface area contributed by atoms with Crippen LogP contribution in [-0.4, -0.2) is 52.2 Å². The number of hydrogen-bond acceptors (Lipinski definition) is 7. The van der Waals surface area contributed by atoms with E-state index >= 15 is 0 Å². The lowest BCUT2D eigenvalue weighted by Crippen LogP contribution is -2.36. The van der Waals surface area contributed by atoms with Crippen LogP contribution in [0.5, 0.6) is 23.0 Å². The number of rotatable bonds is 7. The van der Waals surface area contributed by atoms with Gasteiger partial charge in [0.15, 0.2) is 11.5 Å². The van der Waals surface area contributed by atoms with Gasteiger partial charge in [0, 0.05) is 30.8 Å². The first-order valence-electron chi connectivity index (χ1n) is 10.2. The van der Waals surface area contributed by atoms with Gasteiger partial charge in [-0.1, -0.05) is 0 Å². The molecule has 2 aromatic rings. The predicted molar refractivity (Wildman–Crippen MR) is 112 cm³/mol. The highest BCUT2D eigenvalue weighted by Crippen LogP contribution is 2.40. The summed E-state index contributed by atoms with van der Waals surface area (Å²) in [6, 6.07) is 8.85. The summed E-state index contributed by atoms with van der Waals surface area (Å²) in [6.07, 6.45) is 0. The van der Waals surface area contributed by atoms with Gasteiger partial charge in [0.2, 0.25) is 6.79 Å². The molecule has 2 aromatic carbocycles.